The van der Waals surface area contributed by atoms with Gasteiger partial charge in [0.15, 0.2) is 0 Å². The van der Waals surface area contributed by atoms with Crippen LogP contribution in [0.4, 0.5) is 11.4 Å². The summed E-state index contributed by atoms with van der Waals surface area (Å²) < 4.78 is 0. The number of hydrogen-bond donors (Lipinski definition) is 0. The second-order valence-corrected chi connectivity index (χ2v) is 7.22. The van der Waals surface area contributed by atoms with Crippen molar-refractivity contribution in [2.45, 2.75) is 0 Å². The first-order chi connectivity index (χ1) is 14.8. The molecule has 0 aliphatic rings. The van der Waals surface area contributed by atoms with E-state index in [1.807, 2.05) is 36.7 Å². The van der Waals surface area contributed by atoms with Crippen molar-refractivity contribution >= 4 is 45.3 Å². The Labute approximate surface area is 175 Å². The Morgan fingerprint density at radius 2 is 0.800 bits per heavy atom. The molecular formula is C28H20N2. The van der Waals surface area contributed by atoms with Crippen LogP contribution >= 0.6 is 0 Å². The molecule has 0 bridgehead atoms. The van der Waals surface area contributed by atoms with Gasteiger partial charge >= 0.3 is 0 Å². The van der Waals surface area contributed by atoms with Crippen molar-refractivity contribution in [3.05, 3.63) is 120 Å². The average Bonchev–Trinajstić information content (AvgIpc) is 2.81. The maximum atomic E-state index is 4.71. The van der Waals surface area contributed by atoms with Crippen LogP contribution in [0, 0.1) is 0 Å². The minimum absolute atomic E-state index is 0.850. The van der Waals surface area contributed by atoms with Gasteiger partial charge in [-0.2, -0.15) is 0 Å². The van der Waals surface area contributed by atoms with Crippen molar-refractivity contribution in [3.63, 3.8) is 0 Å². The van der Waals surface area contributed by atoms with Crippen molar-refractivity contribution < 1.29 is 0 Å². The van der Waals surface area contributed by atoms with Crippen molar-refractivity contribution in [3.8, 4) is 0 Å². The highest BCUT2D eigenvalue weighted by molar-refractivity contribution is 5.93. The van der Waals surface area contributed by atoms with Gasteiger partial charge in [0.25, 0.3) is 0 Å². The zero-order chi connectivity index (χ0) is 20.2. The molecule has 5 rings (SSSR count). The molecule has 0 heterocycles. The van der Waals surface area contributed by atoms with Crippen LogP contribution in [0.25, 0.3) is 21.5 Å². The zero-order valence-electron chi connectivity index (χ0n) is 16.4. The maximum Gasteiger partial charge on any atom is 0.0886 e. The molecule has 5 aromatic rings. The van der Waals surface area contributed by atoms with E-state index >= 15 is 0 Å². The van der Waals surface area contributed by atoms with Gasteiger partial charge in [-0.1, -0.05) is 84.9 Å². The summed E-state index contributed by atoms with van der Waals surface area (Å²) in [5.41, 5.74) is 3.84. The molecule has 0 aliphatic carbocycles. The summed E-state index contributed by atoms with van der Waals surface area (Å²) >= 11 is 0. The van der Waals surface area contributed by atoms with Gasteiger partial charge in [0.2, 0.25) is 0 Å². The first-order valence-electron chi connectivity index (χ1n) is 10.00. The fraction of sp³-hybridized carbons (Fsp3) is 0. The van der Waals surface area contributed by atoms with E-state index in [1.165, 1.54) is 21.5 Å². The largest absolute Gasteiger partial charge is 0.254 e. The third kappa shape index (κ3) is 3.89. The molecule has 142 valence electrons. The molecule has 0 amide bonds. The molecule has 30 heavy (non-hydrogen) atoms. The highest BCUT2D eigenvalue weighted by Gasteiger charge is 1.99. The minimum atomic E-state index is 0.850. The Bertz CT molecular complexity index is 1290. The normalized spacial score (nSPS) is 11.7. The van der Waals surface area contributed by atoms with Crippen molar-refractivity contribution in [2.75, 3.05) is 0 Å². The van der Waals surface area contributed by atoms with Gasteiger partial charge in [-0.25, -0.2) is 0 Å². The number of aliphatic imine (C=N–C) groups is 2. The molecule has 0 aromatic heterocycles. The molecule has 0 N–H and O–H groups in total. The first-order valence-corrected chi connectivity index (χ1v) is 10.00. The SMILES string of the molecule is C(=Nc1ccccc1N=Cc1ccc2ccccc2c1)c1ccc2ccccc2c1. The topological polar surface area (TPSA) is 24.7 Å². The van der Waals surface area contributed by atoms with Crippen LogP contribution in [0.15, 0.2) is 119 Å². The van der Waals surface area contributed by atoms with Gasteiger partial charge in [-0.3, -0.25) is 9.98 Å². The molecule has 2 nitrogen and oxygen atoms in total. The molecule has 0 radical (unpaired) electrons. The van der Waals surface area contributed by atoms with Gasteiger partial charge in [0.05, 0.1) is 11.4 Å². The van der Waals surface area contributed by atoms with Crippen LogP contribution < -0.4 is 0 Å². The van der Waals surface area contributed by atoms with Crippen LogP contribution in [0.2, 0.25) is 0 Å². The number of fused-ring (bicyclic) bond motifs is 2. The standard InChI is InChI=1S/C28H20N2/c1-3-9-25-17-21(13-15-23(25)7-1)19-29-27-11-5-6-12-28(27)30-20-22-14-16-24-8-2-4-10-26(24)18-22/h1-20H. The van der Waals surface area contributed by atoms with Crippen LogP contribution in [0.3, 0.4) is 0 Å². The molecule has 5 aromatic carbocycles. The summed E-state index contributed by atoms with van der Waals surface area (Å²) in [6, 6.07) is 37.4. The van der Waals surface area contributed by atoms with Crippen LogP contribution in [0.1, 0.15) is 11.1 Å². The van der Waals surface area contributed by atoms with E-state index in [-0.39, 0.29) is 0 Å². The Morgan fingerprint density at radius 3 is 1.27 bits per heavy atom. The lowest BCUT2D eigenvalue weighted by Crippen LogP contribution is -1.83. The molecular weight excluding hydrogens is 364 g/mol. The van der Waals surface area contributed by atoms with Crippen molar-refractivity contribution in [1.29, 1.82) is 0 Å². The van der Waals surface area contributed by atoms with E-state index in [0.717, 1.165) is 22.5 Å². The lowest BCUT2D eigenvalue weighted by atomic mass is 10.1. The second kappa shape index (κ2) is 8.14. The third-order valence-corrected chi connectivity index (χ3v) is 5.13. The zero-order valence-corrected chi connectivity index (χ0v) is 16.4. The second-order valence-electron chi connectivity index (χ2n) is 7.22. The van der Waals surface area contributed by atoms with E-state index in [0.29, 0.717) is 0 Å². The highest BCUT2D eigenvalue weighted by atomic mass is 14.8. The van der Waals surface area contributed by atoms with Gasteiger partial charge < -0.3 is 0 Å². The minimum Gasteiger partial charge on any atom is -0.254 e. The molecule has 0 spiro atoms. The number of nitrogens with zero attached hydrogens (tertiary/aromatic N) is 2. The summed E-state index contributed by atoms with van der Waals surface area (Å²) in [5, 5.41) is 4.89. The van der Waals surface area contributed by atoms with E-state index in [9.17, 15) is 0 Å². The van der Waals surface area contributed by atoms with Crippen LogP contribution in [-0.4, -0.2) is 12.4 Å². The fourth-order valence-corrected chi connectivity index (χ4v) is 3.55. The summed E-state index contributed by atoms with van der Waals surface area (Å²) in [7, 11) is 0. The Morgan fingerprint density at radius 1 is 0.400 bits per heavy atom. The molecule has 0 unspecified atom stereocenters. The summed E-state index contributed by atoms with van der Waals surface area (Å²) in [6.07, 6.45) is 3.80. The van der Waals surface area contributed by atoms with Gasteiger partial charge in [0.1, 0.15) is 0 Å². The molecule has 2 heteroatoms. The van der Waals surface area contributed by atoms with Gasteiger partial charge in [0, 0.05) is 12.4 Å². The quantitative estimate of drug-likeness (QED) is 0.287. The number of para-hydroxylation sites is 2. The number of rotatable bonds is 4. The highest BCUT2D eigenvalue weighted by Crippen LogP contribution is 2.27. The van der Waals surface area contributed by atoms with Gasteiger partial charge in [-0.05, 0) is 56.9 Å². The Hall–Kier alpha value is -4.04. The lowest BCUT2D eigenvalue weighted by molar-refractivity contribution is 1.46. The summed E-state index contributed by atoms with van der Waals surface area (Å²) in [6.45, 7) is 0. The average molecular weight is 384 g/mol. The van der Waals surface area contributed by atoms with Gasteiger partial charge in [-0.15, -0.1) is 0 Å². The number of benzene rings is 5. The molecule has 0 saturated heterocycles. The Balaban J connectivity index is 1.42. The van der Waals surface area contributed by atoms with Crippen LogP contribution in [-0.2, 0) is 0 Å². The van der Waals surface area contributed by atoms with E-state index in [2.05, 4.69) is 84.9 Å². The van der Waals surface area contributed by atoms with Crippen LogP contribution in [0.5, 0.6) is 0 Å². The third-order valence-electron chi connectivity index (χ3n) is 5.13. The molecule has 0 fully saturated rings. The fourth-order valence-electron chi connectivity index (χ4n) is 3.55. The monoisotopic (exact) mass is 384 g/mol. The van der Waals surface area contributed by atoms with Crippen molar-refractivity contribution in [1.82, 2.24) is 0 Å². The lowest BCUT2D eigenvalue weighted by Gasteiger charge is -2.02. The van der Waals surface area contributed by atoms with Crippen molar-refractivity contribution in [2.24, 2.45) is 9.98 Å². The maximum absolute atomic E-state index is 4.71. The molecule has 0 aliphatic heterocycles. The Kier molecular flexibility index (Phi) is 4.89. The first kappa shape index (κ1) is 18.0. The van der Waals surface area contributed by atoms with E-state index in [4.69, 9.17) is 9.98 Å². The summed E-state index contributed by atoms with van der Waals surface area (Å²) in [5.74, 6) is 0. The molecule has 0 atom stereocenters. The summed E-state index contributed by atoms with van der Waals surface area (Å²) in [4.78, 5) is 9.41. The van der Waals surface area contributed by atoms with E-state index < -0.39 is 0 Å². The number of hydrogen-bond acceptors (Lipinski definition) is 2. The predicted molar refractivity (Wildman–Crippen MR) is 129 cm³/mol. The van der Waals surface area contributed by atoms with E-state index in [1.54, 1.807) is 0 Å². The molecule has 0 saturated carbocycles. The predicted octanol–water partition coefficient (Wildman–Crippen LogP) is 7.49. The smallest absolute Gasteiger partial charge is 0.0886 e.